The Hall–Kier alpha value is -1.63. The predicted octanol–water partition coefficient (Wildman–Crippen LogP) is 0.988. The minimum absolute atomic E-state index is 0.131. The summed E-state index contributed by atoms with van der Waals surface area (Å²) in [7, 11) is 0. The largest absolute Gasteiger partial charge is 0.480 e. The molecule has 0 bridgehead atoms. The molecule has 1 fully saturated rings. The summed E-state index contributed by atoms with van der Waals surface area (Å²) in [4.78, 5) is 34.2. The van der Waals surface area contributed by atoms with Crippen molar-refractivity contribution in [2.45, 2.75) is 64.0 Å². The van der Waals surface area contributed by atoms with Crippen LogP contribution in [0.25, 0.3) is 0 Å². The Kier molecular flexibility index (Phi) is 7.74. The molecule has 0 saturated heterocycles. The zero-order valence-electron chi connectivity index (χ0n) is 12.5. The standard InChI is InChI=1S/C14H25N3O4/c1-2-6-11(13(19)20)15-9-12(18)17-14(21)16-10-7-4-3-5-8-10/h10-11,15H,2-9H2,1H3,(H,19,20)(H2,16,17,18,21). The monoisotopic (exact) mass is 299 g/mol. The molecule has 1 unspecified atom stereocenters. The first-order valence-electron chi connectivity index (χ1n) is 7.59. The number of rotatable bonds is 7. The zero-order chi connectivity index (χ0) is 15.7. The molecule has 120 valence electrons. The van der Waals surface area contributed by atoms with E-state index in [9.17, 15) is 14.4 Å². The van der Waals surface area contributed by atoms with Crippen LogP contribution in [0.2, 0.25) is 0 Å². The minimum atomic E-state index is -0.990. The first kappa shape index (κ1) is 17.4. The molecule has 21 heavy (non-hydrogen) atoms. The Morgan fingerprint density at radius 2 is 1.86 bits per heavy atom. The lowest BCUT2D eigenvalue weighted by atomic mass is 9.96. The van der Waals surface area contributed by atoms with Gasteiger partial charge in [0.05, 0.1) is 6.54 Å². The molecule has 1 aliphatic carbocycles. The minimum Gasteiger partial charge on any atom is -0.480 e. The molecule has 0 spiro atoms. The van der Waals surface area contributed by atoms with Crippen LogP contribution in [0.3, 0.4) is 0 Å². The van der Waals surface area contributed by atoms with Crippen molar-refractivity contribution in [2.24, 2.45) is 0 Å². The fraction of sp³-hybridized carbons (Fsp3) is 0.786. The normalized spacial score (nSPS) is 17.0. The van der Waals surface area contributed by atoms with E-state index >= 15 is 0 Å². The van der Waals surface area contributed by atoms with Gasteiger partial charge in [-0.1, -0.05) is 32.6 Å². The van der Waals surface area contributed by atoms with Crippen LogP contribution < -0.4 is 16.0 Å². The number of imide groups is 1. The van der Waals surface area contributed by atoms with E-state index in [1.54, 1.807) is 0 Å². The molecule has 7 nitrogen and oxygen atoms in total. The number of urea groups is 1. The molecule has 1 saturated carbocycles. The van der Waals surface area contributed by atoms with Gasteiger partial charge in [-0.05, 0) is 19.3 Å². The van der Waals surface area contributed by atoms with E-state index in [0.717, 1.165) is 25.7 Å². The van der Waals surface area contributed by atoms with Crippen molar-refractivity contribution in [3.63, 3.8) is 0 Å². The third-order valence-electron chi connectivity index (χ3n) is 3.58. The average Bonchev–Trinajstić information content (AvgIpc) is 2.44. The van der Waals surface area contributed by atoms with Crippen molar-refractivity contribution in [3.8, 4) is 0 Å². The molecule has 7 heteroatoms. The summed E-state index contributed by atoms with van der Waals surface area (Å²) in [5.41, 5.74) is 0. The molecule has 0 aromatic heterocycles. The number of carboxylic acids is 1. The van der Waals surface area contributed by atoms with E-state index in [-0.39, 0.29) is 12.6 Å². The molecule has 4 N–H and O–H groups in total. The summed E-state index contributed by atoms with van der Waals surface area (Å²) >= 11 is 0. The maximum atomic E-state index is 11.6. The molecule has 0 aromatic carbocycles. The molecule has 0 heterocycles. The van der Waals surface area contributed by atoms with Gasteiger partial charge in [0.25, 0.3) is 0 Å². The number of hydrogen-bond donors (Lipinski definition) is 4. The van der Waals surface area contributed by atoms with Gasteiger partial charge in [-0.3, -0.25) is 20.2 Å². The zero-order valence-corrected chi connectivity index (χ0v) is 12.5. The van der Waals surface area contributed by atoms with Crippen LogP contribution >= 0.6 is 0 Å². The van der Waals surface area contributed by atoms with Gasteiger partial charge in [0.1, 0.15) is 6.04 Å². The fourth-order valence-electron chi connectivity index (χ4n) is 2.46. The summed E-state index contributed by atoms with van der Waals surface area (Å²) in [6.07, 6.45) is 6.41. The second-order valence-electron chi connectivity index (χ2n) is 5.42. The summed E-state index contributed by atoms with van der Waals surface area (Å²) < 4.78 is 0. The Morgan fingerprint density at radius 1 is 1.19 bits per heavy atom. The topological polar surface area (TPSA) is 108 Å². The highest BCUT2D eigenvalue weighted by Gasteiger charge is 2.19. The average molecular weight is 299 g/mol. The van der Waals surface area contributed by atoms with E-state index in [0.29, 0.717) is 12.8 Å². The van der Waals surface area contributed by atoms with Gasteiger partial charge in [0.15, 0.2) is 0 Å². The second-order valence-corrected chi connectivity index (χ2v) is 5.42. The van der Waals surface area contributed by atoms with Crippen LogP contribution in [0.1, 0.15) is 51.9 Å². The first-order valence-corrected chi connectivity index (χ1v) is 7.59. The number of nitrogens with one attached hydrogen (secondary N) is 3. The number of amides is 3. The van der Waals surface area contributed by atoms with Gasteiger partial charge in [-0.2, -0.15) is 0 Å². The SMILES string of the molecule is CCCC(NCC(=O)NC(=O)NC1CCCCC1)C(=O)O. The van der Waals surface area contributed by atoms with Gasteiger partial charge in [0, 0.05) is 6.04 Å². The van der Waals surface area contributed by atoms with Gasteiger partial charge >= 0.3 is 12.0 Å². The highest BCUT2D eigenvalue weighted by molar-refractivity contribution is 5.95. The number of carbonyl (C=O) groups excluding carboxylic acids is 2. The maximum absolute atomic E-state index is 11.6. The van der Waals surface area contributed by atoms with Crippen LogP contribution in [-0.4, -0.2) is 41.6 Å². The van der Waals surface area contributed by atoms with Crippen LogP contribution in [0.4, 0.5) is 4.79 Å². The Bertz CT molecular complexity index is 367. The first-order chi connectivity index (χ1) is 10.0. The second kappa shape index (κ2) is 9.33. The summed E-state index contributed by atoms with van der Waals surface area (Å²) in [5.74, 6) is -1.51. The summed E-state index contributed by atoms with van der Waals surface area (Å²) in [6.45, 7) is 1.68. The van der Waals surface area contributed by atoms with Gasteiger partial charge in [-0.15, -0.1) is 0 Å². The quantitative estimate of drug-likeness (QED) is 0.560. The maximum Gasteiger partial charge on any atom is 0.321 e. The number of aliphatic carboxylic acids is 1. The molecule has 0 aromatic rings. The lowest BCUT2D eigenvalue weighted by Crippen LogP contribution is -2.49. The smallest absolute Gasteiger partial charge is 0.321 e. The van der Waals surface area contributed by atoms with Gasteiger partial charge < -0.3 is 10.4 Å². The molecular formula is C14H25N3O4. The van der Waals surface area contributed by atoms with Crippen molar-refractivity contribution in [1.29, 1.82) is 0 Å². The Balaban J connectivity index is 2.25. The van der Waals surface area contributed by atoms with Crippen LogP contribution in [-0.2, 0) is 9.59 Å². The predicted molar refractivity (Wildman–Crippen MR) is 77.9 cm³/mol. The number of hydrogen-bond acceptors (Lipinski definition) is 4. The fourth-order valence-corrected chi connectivity index (χ4v) is 2.46. The molecule has 3 amide bonds. The van der Waals surface area contributed by atoms with E-state index in [1.165, 1.54) is 6.42 Å². The van der Waals surface area contributed by atoms with E-state index in [2.05, 4.69) is 16.0 Å². The third kappa shape index (κ3) is 7.08. The van der Waals surface area contributed by atoms with Gasteiger partial charge in [0.2, 0.25) is 5.91 Å². The molecule has 1 atom stereocenters. The summed E-state index contributed by atoms with van der Waals surface area (Å²) in [6, 6.07) is -1.13. The van der Waals surface area contributed by atoms with Crippen molar-refractivity contribution >= 4 is 17.9 Å². The van der Waals surface area contributed by atoms with Gasteiger partial charge in [-0.25, -0.2) is 4.79 Å². The third-order valence-corrected chi connectivity index (χ3v) is 3.58. The molecule has 0 aliphatic heterocycles. The van der Waals surface area contributed by atoms with Crippen molar-refractivity contribution in [1.82, 2.24) is 16.0 Å². The van der Waals surface area contributed by atoms with Crippen molar-refractivity contribution in [2.75, 3.05) is 6.54 Å². The van der Waals surface area contributed by atoms with E-state index in [4.69, 9.17) is 5.11 Å². The van der Waals surface area contributed by atoms with Crippen LogP contribution in [0, 0.1) is 0 Å². The van der Waals surface area contributed by atoms with E-state index < -0.39 is 23.9 Å². The highest BCUT2D eigenvalue weighted by atomic mass is 16.4. The Labute approximate surface area is 124 Å². The Morgan fingerprint density at radius 3 is 2.43 bits per heavy atom. The number of carbonyl (C=O) groups is 3. The van der Waals surface area contributed by atoms with E-state index in [1.807, 2.05) is 6.92 Å². The summed E-state index contributed by atoms with van der Waals surface area (Å²) in [5, 5.41) is 16.6. The lowest BCUT2D eigenvalue weighted by molar-refractivity contribution is -0.139. The van der Waals surface area contributed by atoms with Crippen molar-refractivity contribution in [3.05, 3.63) is 0 Å². The molecule has 1 aliphatic rings. The number of carboxylic acid groups (broad SMARTS) is 1. The van der Waals surface area contributed by atoms with Crippen molar-refractivity contribution < 1.29 is 19.5 Å². The highest BCUT2D eigenvalue weighted by Crippen LogP contribution is 2.17. The van der Waals surface area contributed by atoms with Crippen LogP contribution in [0.15, 0.2) is 0 Å². The van der Waals surface area contributed by atoms with Crippen LogP contribution in [0.5, 0.6) is 0 Å². The lowest BCUT2D eigenvalue weighted by Gasteiger charge is -2.22. The molecule has 1 rings (SSSR count). The molecule has 0 radical (unpaired) electrons. The molecular weight excluding hydrogens is 274 g/mol.